The molecule has 0 radical (unpaired) electrons. The second-order valence-electron chi connectivity index (χ2n) is 21.3. The fourth-order valence-electron chi connectivity index (χ4n) is 6.96. The van der Waals surface area contributed by atoms with Crippen LogP contribution < -0.4 is 28.3 Å². The lowest BCUT2D eigenvalue weighted by atomic mass is 9.87. The molecular weight excluding hydrogens is 1290 g/mol. The number of nitrogens with zero attached hydrogens (tertiary/aromatic N) is 3. The molecule has 2 aromatic carbocycles. The van der Waals surface area contributed by atoms with E-state index in [1.807, 2.05) is 62.3 Å². The van der Waals surface area contributed by atoms with Crippen LogP contribution in [-0.4, -0.2) is 158 Å². The number of nitrogens with one attached hydrogen (secondary N) is 1. The molecule has 2 fully saturated rings. The molecule has 546 valence electrons. The number of alkyl halides is 18. The molecule has 2 saturated heterocycles. The molecule has 0 aliphatic carbocycles. The minimum Gasteiger partial charge on any atom is -0.459 e. The van der Waals surface area contributed by atoms with Crippen molar-refractivity contribution in [1.29, 1.82) is 0 Å². The molecule has 4 rings (SSSR count). The molecule has 2 aromatic rings. The van der Waals surface area contributed by atoms with Crippen LogP contribution in [0.1, 0.15) is 164 Å². The maximum Gasteiger partial charge on any atom is 0.434 e. The average Bonchev–Trinajstić information content (AvgIpc) is 0.822. The molecule has 0 saturated carbocycles. The van der Waals surface area contributed by atoms with Crippen molar-refractivity contribution in [2.75, 3.05) is 64.8 Å². The second-order valence-corrected chi connectivity index (χ2v) is 21.3. The average molecular weight is 1390 g/mol. The SMILES string of the molecule is CC.CC.CC.CC.CC(C)(C)OC(=O)CN.CC(C)(C)OC(=O)CN.CN(Cc1ccc(C(F)(F)F)cc1N)C1(C)CCN(C(=O)OC(C(F)(F)F)C(F)(F)F)CC1.CNC1(C)CCN(C(=O)OC(C(F)(F)F)C(F)(F)F)CC1.Nc1cc(C(F)(F)F)ccc1C=O. The minimum atomic E-state index is -5.81. The number of halogens is 18. The predicted octanol–water partition coefficient (Wildman–Crippen LogP) is 14.7. The van der Waals surface area contributed by atoms with Gasteiger partial charge in [-0.1, -0.05) is 61.5 Å². The first-order valence-corrected chi connectivity index (χ1v) is 28.9. The van der Waals surface area contributed by atoms with E-state index in [0.717, 1.165) is 40.1 Å². The second kappa shape index (κ2) is 41.6. The van der Waals surface area contributed by atoms with E-state index in [-0.39, 0.29) is 93.1 Å². The first kappa shape index (κ1) is 95.5. The van der Waals surface area contributed by atoms with Gasteiger partial charge in [-0.3, -0.25) is 19.3 Å². The van der Waals surface area contributed by atoms with Crippen molar-refractivity contribution in [3.63, 3.8) is 0 Å². The summed E-state index contributed by atoms with van der Waals surface area (Å²) in [6, 6.07) is 5.54. The Morgan fingerprint density at radius 1 is 0.548 bits per heavy atom. The van der Waals surface area contributed by atoms with Crippen LogP contribution in [0.4, 0.5) is 100.0 Å². The van der Waals surface area contributed by atoms with E-state index >= 15 is 0 Å². The zero-order valence-electron chi connectivity index (χ0n) is 55.6. The summed E-state index contributed by atoms with van der Waals surface area (Å²) in [5.74, 6) is -0.718. The Labute approximate surface area is 532 Å². The number of anilines is 2. The molecule has 0 bridgehead atoms. The normalized spacial score (nSPS) is 14.7. The monoisotopic (exact) mass is 1390 g/mol. The molecule has 0 aromatic heterocycles. The van der Waals surface area contributed by atoms with E-state index in [0.29, 0.717) is 24.7 Å². The van der Waals surface area contributed by atoms with Gasteiger partial charge in [-0.2, -0.15) is 79.0 Å². The number of carbonyl (C=O) groups excluding carboxylic acids is 5. The van der Waals surface area contributed by atoms with E-state index in [1.54, 1.807) is 67.5 Å². The number of ether oxygens (including phenoxy) is 4. The molecule has 35 heteroatoms. The summed E-state index contributed by atoms with van der Waals surface area (Å²) in [4.78, 5) is 57.9. The van der Waals surface area contributed by atoms with Gasteiger partial charge < -0.3 is 57.0 Å². The van der Waals surface area contributed by atoms with Gasteiger partial charge in [-0.15, -0.1) is 0 Å². The molecule has 0 unspecified atom stereocenters. The van der Waals surface area contributed by atoms with Crippen LogP contribution in [0.3, 0.4) is 0 Å². The number of likely N-dealkylation sites (tertiary alicyclic amines) is 2. The number of esters is 2. The van der Waals surface area contributed by atoms with Crippen LogP contribution in [-0.2, 0) is 47.4 Å². The van der Waals surface area contributed by atoms with Gasteiger partial charge in [-0.05, 0) is 131 Å². The molecule has 93 heavy (non-hydrogen) atoms. The number of amides is 2. The lowest BCUT2D eigenvalue weighted by molar-refractivity contribution is -0.309. The van der Waals surface area contributed by atoms with E-state index in [1.165, 1.54) is 6.07 Å². The Morgan fingerprint density at radius 2 is 0.849 bits per heavy atom. The number of nitrogens with two attached hydrogens (primary N) is 4. The molecular formula is C58H94F18N8O9. The van der Waals surface area contributed by atoms with Crippen LogP contribution in [0.2, 0.25) is 0 Å². The number of hydrogen-bond acceptors (Lipinski definition) is 15. The van der Waals surface area contributed by atoms with E-state index in [4.69, 9.17) is 32.4 Å². The third kappa shape index (κ3) is 38.7. The summed E-state index contributed by atoms with van der Waals surface area (Å²) in [6.45, 7) is 30.2. The highest BCUT2D eigenvalue weighted by molar-refractivity contribution is 5.83. The van der Waals surface area contributed by atoms with Crippen molar-refractivity contribution in [3.8, 4) is 0 Å². The molecule has 2 aliphatic rings. The number of hydrogen-bond donors (Lipinski definition) is 5. The molecule has 17 nitrogen and oxygen atoms in total. The van der Waals surface area contributed by atoms with Gasteiger partial charge in [-0.25, -0.2) is 9.59 Å². The van der Waals surface area contributed by atoms with Crippen molar-refractivity contribution in [2.24, 2.45) is 11.5 Å². The van der Waals surface area contributed by atoms with E-state index in [2.05, 4.69) is 14.8 Å². The topological polar surface area (TPSA) is 248 Å². The van der Waals surface area contributed by atoms with Crippen LogP contribution in [0.5, 0.6) is 0 Å². The van der Waals surface area contributed by atoms with Crippen molar-refractivity contribution in [1.82, 2.24) is 20.0 Å². The summed E-state index contributed by atoms with van der Waals surface area (Å²) >= 11 is 0. The fraction of sp³-hybridized carbons (Fsp3) is 0.707. The highest BCUT2D eigenvalue weighted by atomic mass is 19.4. The molecule has 2 amide bonds. The zero-order chi connectivity index (χ0) is 74.9. The van der Waals surface area contributed by atoms with Gasteiger partial charge in [0.2, 0.25) is 0 Å². The summed E-state index contributed by atoms with van der Waals surface area (Å²) in [5.41, 5.74) is 17.7. The number of rotatable bonds is 9. The minimum absolute atomic E-state index is 0.0264. The summed E-state index contributed by atoms with van der Waals surface area (Å²) in [5, 5.41) is 2.99. The number of carbonyl (C=O) groups is 5. The van der Waals surface area contributed by atoms with Gasteiger partial charge >= 0.3 is 61.2 Å². The molecule has 0 atom stereocenters. The Balaban J connectivity index is -0.000000368. The highest BCUT2D eigenvalue weighted by Crippen LogP contribution is 2.39. The lowest BCUT2D eigenvalue weighted by Gasteiger charge is -2.45. The molecule has 2 heterocycles. The van der Waals surface area contributed by atoms with Gasteiger partial charge in [0.15, 0.2) is 6.29 Å². The van der Waals surface area contributed by atoms with Crippen LogP contribution in [0.15, 0.2) is 36.4 Å². The number of aldehydes is 1. The van der Waals surface area contributed by atoms with Gasteiger partial charge in [0.25, 0.3) is 12.2 Å². The van der Waals surface area contributed by atoms with Gasteiger partial charge in [0, 0.05) is 60.7 Å². The Morgan fingerprint density at radius 3 is 1.09 bits per heavy atom. The summed E-state index contributed by atoms with van der Waals surface area (Å²) < 4.78 is 241. The maximum atomic E-state index is 12.8. The molecule has 2 aliphatic heterocycles. The number of piperidine rings is 2. The van der Waals surface area contributed by atoms with Crippen LogP contribution >= 0.6 is 0 Å². The van der Waals surface area contributed by atoms with Gasteiger partial charge in [0.1, 0.15) is 11.2 Å². The molecule has 9 N–H and O–H groups in total. The Bertz CT molecular complexity index is 2410. The van der Waals surface area contributed by atoms with Crippen molar-refractivity contribution in [2.45, 2.75) is 215 Å². The quantitative estimate of drug-likeness (QED) is 0.0515. The molecule has 0 spiro atoms. The maximum absolute atomic E-state index is 12.8. The smallest absolute Gasteiger partial charge is 0.434 e. The first-order valence-electron chi connectivity index (χ1n) is 28.9. The van der Waals surface area contributed by atoms with Crippen LogP contribution in [0.25, 0.3) is 0 Å². The fourth-order valence-corrected chi connectivity index (χ4v) is 6.96. The largest absolute Gasteiger partial charge is 0.459 e. The standard InChI is InChI=1S/C19H22F9N3O2.C11H16F6N2O2.C8H6F3NO.2C6H13NO2.4C2H6/c1-16(30(2)10-11-3-4-12(9-13(11)29)17(20,21)22)5-7-31(8-6-16)15(32)33-14(18(23,24)25)19(26,27)28;1-9(18-2)3-5-19(6-4-9)8(20)21-7(10(12,13)14)11(15,16)17;9-8(10,11)6-2-1-5(4-13)7(12)3-6;2*1-6(2,3)9-5(8)4-7;4*1-2/h3-4,9,14H,5-8,10,29H2,1-2H3;7,18H,3-6H2,1-2H3;1-4H,12H2;2*4,7H2,1-3H3;4*1-2H3. The van der Waals surface area contributed by atoms with Crippen molar-refractivity contribution < 1.29 is 122 Å². The Hall–Kier alpha value is -6.23. The van der Waals surface area contributed by atoms with E-state index < -0.39 is 89.3 Å². The van der Waals surface area contributed by atoms with Crippen molar-refractivity contribution in [3.05, 3.63) is 58.7 Å². The first-order chi connectivity index (χ1) is 42.1. The zero-order valence-corrected chi connectivity index (χ0v) is 55.6. The van der Waals surface area contributed by atoms with Crippen molar-refractivity contribution >= 4 is 41.8 Å². The summed E-state index contributed by atoms with van der Waals surface area (Å²) in [6.07, 6.45) is -42.1. The third-order valence-electron chi connectivity index (χ3n) is 12.0. The Kier molecular flexibility index (Phi) is 42.7. The lowest BCUT2D eigenvalue weighted by Crippen LogP contribution is -2.54. The summed E-state index contributed by atoms with van der Waals surface area (Å²) in [7, 11) is 3.34. The third-order valence-corrected chi connectivity index (χ3v) is 12.0. The number of nitrogen functional groups attached to an aromatic ring is 2. The highest BCUT2D eigenvalue weighted by Gasteiger charge is 2.61. The number of benzene rings is 2. The van der Waals surface area contributed by atoms with Crippen LogP contribution in [0, 0.1) is 0 Å². The van der Waals surface area contributed by atoms with E-state index in [9.17, 15) is 103 Å². The predicted molar refractivity (Wildman–Crippen MR) is 316 cm³/mol. The van der Waals surface area contributed by atoms with Gasteiger partial charge in [0.05, 0.1) is 24.2 Å².